The van der Waals surface area contributed by atoms with E-state index in [1.165, 1.54) is 37.4 Å². The number of aryl methyl sites for hydroxylation is 2. The van der Waals surface area contributed by atoms with Gasteiger partial charge in [0.2, 0.25) is 5.16 Å². The van der Waals surface area contributed by atoms with Gasteiger partial charge in [-0.05, 0) is 75.1 Å². The number of imidazole rings is 1. The molecule has 2 aromatic carbocycles. The maximum atomic E-state index is 14.3. The largest absolute Gasteiger partial charge is 1.00 e. The average molecular weight is 749 g/mol. The normalized spacial score (nSPS) is 12.3. The summed E-state index contributed by atoms with van der Waals surface area (Å²) in [6.07, 6.45) is -1.52. The van der Waals surface area contributed by atoms with Crippen molar-refractivity contribution in [3.05, 3.63) is 71.0 Å². The van der Waals surface area contributed by atoms with E-state index in [1.54, 1.807) is 32.0 Å². The van der Waals surface area contributed by atoms with Gasteiger partial charge in [-0.2, -0.15) is 13.2 Å². The molecule has 0 saturated heterocycles. The van der Waals surface area contributed by atoms with Crippen LogP contribution in [0.1, 0.15) is 49.5 Å². The number of amides is 1. The van der Waals surface area contributed by atoms with E-state index >= 15 is 0 Å². The Labute approximate surface area is 313 Å². The van der Waals surface area contributed by atoms with Crippen LogP contribution in [0, 0.1) is 20.8 Å². The third-order valence-corrected chi connectivity index (χ3v) is 10.6. The van der Waals surface area contributed by atoms with Crippen LogP contribution in [0.15, 0.2) is 58.7 Å². The van der Waals surface area contributed by atoms with Crippen LogP contribution in [0.3, 0.4) is 0 Å². The molecule has 266 valence electrons. The number of carbonyl (C=O) groups excluding carboxylic acids is 1. The Bertz CT molecular complexity index is 1970. The van der Waals surface area contributed by atoms with E-state index in [9.17, 15) is 35.4 Å². The second-order valence-corrected chi connectivity index (χ2v) is 14.2. The number of hydrogen-bond donors (Lipinski definition) is 2. The van der Waals surface area contributed by atoms with E-state index in [0.717, 1.165) is 3.97 Å². The van der Waals surface area contributed by atoms with Crippen LogP contribution in [-0.4, -0.2) is 69.5 Å². The number of rotatable bonds is 16. The van der Waals surface area contributed by atoms with Gasteiger partial charge in [0.25, 0.3) is 15.9 Å². The summed E-state index contributed by atoms with van der Waals surface area (Å²) in [5.41, 5.74) is 1.36. The number of nitrogens with zero attached hydrogens (tertiary/aromatic N) is 3. The summed E-state index contributed by atoms with van der Waals surface area (Å²) in [6.45, 7) is 3.08. The molecule has 18 heteroatoms. The molecule has 0 aliphatic carbocycles. The van der Waals surface area contributed by atoms with E-state index in [0.29, 0.717) is 25.8 Å². The quantitative estimate of drug-likeness (QED) is 0.128. The molecule has 4 aromatic rings. The van der Waals surface area contributed by atoms with Gasteiger partial charge in [-0.1, -0.05) is 18.6 Å². The van der Waals surface area contributed by atoms with Gasteiger partial charge in [0.15, 0.2) is 13.2 Å². The summed E-state index contributed by atoms with van der Waals surface area (Å²) in [7, 11) is -6.58. The van der Waals surface area contributed by atoms with Gasteiger partial charge in [-0.25, -0.2) is 17.4 Å². The number of aromatic nitrogens is 3. The maximum Gasteiger partial charge on any atom is 1.00 e. The molecule has 1 amide bonds. The zero-order valence-electron chi connectivity index (χ0n) is 28.9. The molecule has 12 nitrogen and oxygen atoms in total. The second-order valence-electron chi connectivity index (χ2n) is 11.2. The van der Waals surface area contributed by atoms with Crippen molar-refractivity contribution < 1.29 is 81.0 Å². The SMILES string of the molecule is Cc1cc(OCC(=O)NCCCCCC(=O)O)cc(C)c1S(=O)(=O)n1c(S(=O)Cc2nccc(OCC(F)(F)F)c2C)nc2ccccc21.[H-].[Na+]. The minimum absolute atomic E-state index is 0. The van der Waals surface area contributed by atoms with Crippen LogP contribution in [0.2, 0.25) is 0 Å². The van der Waals surface area contributed by atoms with Crippen LogP contribution in [0.25, 0.3) is 11.0 Å². The topological polar surface area (TPSA) is 167 Å². The fraction of sp³-hybridized carbons (Fsp3) is 0.375. The zero-order chi connectivity index (χ0) is 35.9. The first-order chi connectivity index (χ1) is 23.1. The van der Waals surface area contributed by atoms with Gasteiger partial charge in [0, 0.05) is 24.7 Å². The third-order valence-electron chi connectivity index (χ3n) is 7.30. The number of nitrogens with one attached hydrogen (secondary N) is 1. The summed E-state index contributed by atoms with van der Waals surface area (Å²) in [5, 5.41) is 11.1. The molecule has 0 spiro atoms. The number of carboxylic acids is 1. The maximum absolute atomic E-state index is 14.3. The van der Waals surface area contributed by atoms with Crippen LogP contribution in [-0.2, 0) is 36.2 Å². The number of benzene rings is 2. The van der Waals surface area contributed by atoms with Gasteiger partial charge in [0.05, 0.1) is 38.2 Å². The molecule has 0 saturated carbocycles. The van der Waals surface area contributed by atoms with Crippen LogP contribution >= 0.6 is 0 Å². The molecule has 0 aliphatic rings. The van der Waals surface area contributed by atoms with Gasteiger partial charge in [0.1, 0.15) is 11.5 Å². The molecule has 0 bridgehead atoms. The Morgan fingerprint density at radius 2 is 1.72 bits per heavy atom. The van der Waals surface area contributed by atoms with E-state index in [2.05, 4.69) is 15.3 Å². The molecule has 2 N–H and O–H groups in total. The van der Waals surface area contributed by atoms with E-state index in [-0.39, 0.29) is 105 Å². The minimum atomic E-state index is -4.57. The first-order valence-corrected chi connectivity index (χ1v) is 17.8. The predicted octanol–water partition coefficient (Wildman–Crippen LogP) is 2.10. The Morgan fingerprint density at radius 3 is 2.38 bits per heavy atom. The Morgan fingerprint density at radius 1 is 1.04 bits per heavy atom. The summed E-state index contributed by atoms with van der Waals surface area (Å²) in [4.78, 5) is 31.3. The molecule has 0 radical (unpaired) electrons. The van der Waals surface area contributed by atoms with E-state index < -0.39 is 45.5 Å². The molecular weight excluding hydrogens is 712 g/mol. The average Bonchev–Trinajstić information content (AvgIpc) is 3.42. The van der Waals surface area contributed by atoms with Crippen molar-refractivity contribution in [1.82, 2.24) is 19.3 Å². The van der Waals surface area contributed by atoms with Gasteiger partial charge < -0.3 is 21.3 Å². The molecule has 2 heterocycles. The fourth-order valence-corrected chi connectivity index (χ4v) is 8.53. The minimum Gasteiger partial charge on any atom is -1.00 e. The van der Waals surface area contributed by atoms with Crippen LogP contribution < -0.4 is 44.3 Å². The monoisotopic (exact) mass is 748 g/mol. The number of ether oxygens (including phenoxy) is 2. The van der Waals surface area contributed by atoms with Crippen molar-refractivity contribution >= 4 is 43.7 Å². The fourth-order valence-electron chi connectivity index (χ4n) is 5.06. The molecule has 0 aliphatic heterocycles. The summed E-state index contributed by atoms with van der Waals surface area (Å²) in [6, 6.07) is 10.5. The predicted molar refractivity (Wildman–Crippen MR) is 175 cm³/mol. The van der Waals surface area contributed by atoms with Crippen molar-refractivity contribution in [3.63, 3.8) is 0 Å². The standard InChI is InChI=1S/C32H35F3N4O8S2.Na.H/c1-20-15-23(46-17-28(40)37-13-8-4-5-11-29(41)42)16-21(2)30(20)49(44,45)39-26-10-7-6-9-24(26)38-31(39)48(43)18-25-22(3)27(12-14-36-25)47-19-32(33,34)35;;/h6-7,9-10,12,14-16H,4-5,8,11,13,17-19H2,1-3H3,(H,37,40)(H,41,42);;/q;+1;-1. The smallest absolute Gasteiger partial charge is 1.00 e. The van der Waals surface area contributed by atoms with Crippen molar-refractivity contribution in [2.75, 3.05) is 19.8 Å². The first kappa shape index (κ1) is 40.9. The molecule has 1 atom stereocenters. The molecule has 1 unspecified atom stereocenters. The van der Waals surface area contributed by atoms with Gasteiger partial charge in [-0.3, -0.25) is 18.8 Å². The van der Waals surface area contributed by atoms with Gasteiger partial charge in [-0.15, -0.1) is 0 Å². The number of alkyl halides is 3. The third kappa shape index (κ3) is 10.5. The van der Waals surface area contributed by atoms with Crippen molar-refractivity contribution in [2.24, 2.45) is 0 Å². The van der Waals surface area contributed by atoms with Crippen molar-refractivity contribution in [3.8, 4) is 11.5 Å². The number of carbonyl (C=O) groups is 2. The van der Waals surface area contributed by atoms with Gasteiger partial charge >= 0.3 is 41.7 Å². The van der Waals surface area contributed by atoms with E-state index in [4.69, 9.17) is 14.6 Å². The number of para-hydroxylation sites is 2. The number of aliphatic carboxylic acids is 1. The number of unbranched alkanes of at least 4 members (excludes halogenated alkanes) is 2. The number of pyridine rings is 1. The molecule has 2 aromatic heterocycles. The molecule has 4 rings (SSSR count). The summed E-state index contributed by atoms with van der Waals surface area (Å²) < 4.78 is 92.2. The number of halogens is 3. The number of carboxylic acid groups (broad SMARTS) is 1. The number of fused-ring (bicyclic) bond motifs is 1. The first-order valence-electron chi connectivity index (χ1n) is 15.1. The van der Waals surface area contributed by atoms with Crippen molar-refractivity contribution in [2.45, 2.75) is 68.4 Å². The number of hydrogen-bond acceptors (Lipinski definition) is 9. The van der Waals surface area contributed by atoms with Crippen molar-refractivity contribution in [1.29, 1.82) is 0 Å². The van der Waals surface area contributed by atoms with Crippen LogP contribution in [0.4, 0.5) is 13.2 Å². The second kappa shape index (κ2) is 17.6. The summed E-state index contributed by atoms with van der Waals surface area (Å²) >= 11 is 0. The molecular formula is C32H36F3N4NaO8S2. The zero-order valence-corrected chi connectivity index (χ0v) is 31.5. The Balaban J connectivity index is 0.00000451. The summed E-state index contributed by atoms with van der Waals surface area (Å²) in [5.74, 6) is -1.48. The van der Waals surface area contributed by atoms with Crippen LogP contribution in [0.5, 0.6) is 11.5 Å². The van der Waals surface area contributed by atoms with E-state index in [1.807, 2.05) is 0 Å². The Kier molecular flexibility index (Phi) is 14.4. The Hall–Kier alpha value is -3.51. The molecule has 0 fully saturated rings. The molecule has 50 heavy (non-hydrogen) atoms.